The Labute approximate surface area is 590 Å². The van der Waals surface area contributed by atoms with E-state index in [1.54, 1.807) is 0 Å². The topological polar surface area (TPSA) is 808 Å². The van der Waals surface area contributed by atoms with Crippen molar-refractivity contribution in [1.82, 2.24) is 5.32 Å². The molecule has 0 spiro atoms. The SMILES string of the molecule is COC(=O)N[C@H]1[C@H](O[C@H]2[C@H](O)[C@@H](N)[C@H](O[C@H]3[C@H](O)[C@@H](N)[C@H](O)O[C@@H]3CO)O[C@@H]2CO)O[C@H](CO)[C@@H](O[C@@H]2O[C@H](CO)[C@@H](O[C@@H]3O[C@H](CO)[C@@H](O[C@@H]4O[C@H](CO)[C@@H](O[C@@H]5O[C@H](CO)[C@@H](O[C@@H]6O[C@H](CO)[C@@H](O[C@@H]7O[C@H](CO)[C@@H](O)[C@H](O)[C@H]7N)[C@H](O)[C@H]6N)[C@H](O)[C@H]5N)[C@H](O)[C@H]4N)[C@H](O)[C@H]3N)[C@H](O)[C@H]2N)[C@@H]1O. The molecule has 606 valence electrons. The van der Waals surface area contributed by atoms with Crippen LogP contribution in [-0.2, 0) is 85.3 Å². The highest BCUT2D eigenvalue weighted by molar-refractivity contribution is 5.67. The van der Waals surface area contributed by atoms with E-state index in [0.29, 0.717) is 0 Å². The molecule has 9 rings (SSSR count). The number of aliphatic hydroxyl groups is 20. The van der Waals surface area contributed by atoms with Gasteiger partial charge in [-0.15, -0.1) is 0 Å². The molecule has 0 unspecified atom stereocenters. The Bertz CT molecular complexity index is 2620. The minimum absolute atomic E-state index is 0.762. The molecule has 0 bridgehead atoms. The number of alkyl carbamates (subject to hydrolysis) is 1. The maximum atomic E-state index is 12.8. The molecule has 0 aliphatic carbocycles. The zero-order valence-corrected chi connectivity index (χ0v) is 55.7. The number of amides is 1. The first-order valence-electron chi connectivity index (χ1n) is 33.4. The Morgan fingerprint density at radius 3 is 0.702 bits per heavy atom. The van der Waals surface area contributed by atoms with Crippen molar-refractivity contribution in [2.24, 2.45) is 45.9 Å². The molecule has 0 radical (unpaired) electrons. The quantitative estimate of drug-likeness (QED) is 0.0382. The van der Waals surface area contributed by atoms with E-state index in [0.717, 1.165) is 7.11 Å². The van der Waals surface area contributed by atoms with Crippen molar-refractivity contribution in [3.05, 3.63) is 0 Å². The van der Waals surface area contributed by atoms with Crippen LogP contribution < -0.4 is 51.2 Å². The lowest BCUT2D eigenvalue weighted by atomic mass is 9.93. The van der Waals surface area contributed by atoms with Crippen LogP contribution in [-0.4, -0.2) is 451 Å². The third-order valence-corrected chi connectivity index (χ3v) is 19.9. The van der Waals surface area contributed by atoms with E-state index in [1.165, 1.54) is 0 Å². The molecule has 37 N–H and O–H groups in total. The van der Waals surface area contributed by atoms with Gasteiger partial charge in [0.15, 0.2) is 56.6 Å². The summed E-state index contributed by atoms with van der Waals surface area (Å²) in [6.07, 6.45) is -62.6. The van der Waals surface area contributed by atoms with Gasteiger partial charge in [-0.1, -0.05) is 0 Å². The monoisotopic (exact) mass is 1530 g/mol. The van der Waals surface area contributed by atoms with Crippen LogP contribution >= 0.6 is 0 Å². The number of ether oxygens (including phenoxy) is 18. The summed E-state index contributed by atoms with van der Waals surface area (Å²) >= 11 is 0. The first-order chi connectivity index (χ1) is 49.4. The summed E-state index contributed by atoms with van der Waals surface area (Å²) in [4.78, 5) is 12.8. The highest BCUT2D eigenvalue weighted by atomic mass is 16.8. The molecule has 0 aromatic rings. The van der Waals surface area contributed by atoms with E-state index in [1.807, 2.05) is 0 Å². The maximum Gasteiger partial charge on any atom is 0.407 e. The van der Waals surface area contributed by atoms with Gasteiger partial charge >= 0.3 is 6.09 Å². The van der Waals surface area contributed by atoms with E-state index in [-0.39, 0.29) is 0 Å². The molecule has 48 nitrogen and oxygen atoms in total. The van der Waals surface area contributed by atoms with Gasteiger partial charge in [0, 0.05) is 0 Å². The number of hydrogen-bond acceptors (Lipinski definition) is 47. The summed E-state index contributed by atoms with van der Waals surface area (Å²) in [5.41, 5.74) is 50.2. The lowest BCUT2D eigenvalue weighted by Crippen LogP contribution is -2.71. The van der Waals surface area contributed by atoms with Crippen LogP contribution in [0.3, 0.4) is 0 Å². The highest BCUT2D eigenvalue weighted by Gasteiger charge is 2.60. The van der Waals surface area contributed by atoms with Gasteiger partial charge < -0.3 is 239 Å². The molecule has 48 heteroatoms. The number of hydrogen-bond donors (Lipinski definition) is 29. The van der Waals surface area contributed by atoms with Gasteiger partial charge in [0.25, 0.3) is 0 Å². The summed E-state index contributed by atoms with van der Waals surface area (Å²) in [5, 5.41) is 219. The van der Waals surface area contributed by atoms with Crippen LogP contribution in [0.4, 0.5) is 4.79 Å². The van der Waals surface area contributed by atoms with Crippen LogP contribution in [0, 0.1) is 0 Å². The Morgan fingerprint density at radius 2 is 0.462 bits per heavy atom. The lowest BCUT2D eigenvalue weighted by molar-refractivity contribution is -0.372. The van der Waals surface area contributed by atoms with Crippen LogP contribution in [0.25, 0.3) is 0 Å². The van der Waals surface area contributed by atoms with Gasteiger partial charge in [0.2, 0.25) is 0 Å². The smallest absolute Gasteiger partial charge is 0.407 e. The van der Waals surface area contributed by atoms with E-state index in [4.69, 9.17) is 131 Å². The Balaban J connectivity index is 0.794. The Kier molecular flexibility index (Phi) is 30.6. The predicted octanol–water partition coefficient (Wildman–Crippen LogP) is -20.5. The Morgan fingerprint density at radius 1 is 0.269 bits per heavy atom. The molecular weight excluding hydrogens is 1420 g/mol. The molecule has 9 aliphatic rings. The fourth-order valence-electron chi connectivity index (χ4n) is 13.7. The van der Waals surface area contributed by atoms with Crippen molar-refractivity contribution in [3.8, 4) is 0 Å². The second-order valence-electron chi connectivity index (χ2n) is 26.5. The summed E-state index contributed by atoms with van der Waals surface area (Å²) < 4.78 is 104. The molecule has 1 amide bonds. The first-order valence-corrected chi connectivity index (χ1v) is 33.4. The second kappa shape index (κ2) is 37.2. The van der Waals surface area contributed by atoms with E-state index in [2.05, 4.69) is 5.32 Å². The van der Waals surface area contributed by atoms with Crippen molar-refractivity contribution >= 4 is 6.09 Å². The number of methoxy groups -OCH3 is 1. The zero-order valence-electron chi connectivity index (χ0n) is 55.7. The fraction of sp³-hybridized carbons (Fsp3) is 0.982. The van der Waals surface area contributed by atoms with Gasteiger partial charge in [0.05, 0.1) is 115 Å². The third-order valence-electron chi connectivity index (χ3n) is 19.9. The average molecular weight is 1530 g/mol. The van der Waals surface area contributed by atoms with Gasteiger partial charge in [-0.25, -0.2) is 4.79 Å². The molecule has 9 fully saturated rings. The normalized spacial score (nSPS) is 52.0. The van der Waals surface area contributed by atoms with Crippen molar-refractivity contribution < 1.29 is 192 Å². The largest absolute Gasteiger partial charge is 0.453 e. The lowest BCUT2D eigenvalue weighted by Gasteiger charge is -2.51. The summed E-state index contributed by atoms with van der Waals surface area (Å²) in [7, 11) is 0.957. The average Bonchev–Trinajstić information content (AvgIpc) is 0.781. The van der Waals surface area contributed by atoms with Crippen molar-refractivity contribution in [2.75, 3.05) is 66.6 Å². The predicted molar refractivity (Wildman–Crippen MR) is 326 cm³/mol. The van der Waals surface area contributed by atoms with E-state index >= 15 is 0 Å². The Hall–Kier alpha value is -2.53. The summed E-state index contributed by atoms with van der Waals surface area (Å²) in [6.45, 7) is -8.24. The van der Waals surface area contributed by atoms with Crippen molar-refractivity contribution in [2.45, 2.75) is 276 Å². The number of carbonyl (C=O) groups excluding carboxylic acids is 1. The molecule has 0 aromatic carbocycles. The number of aliphatic hydroxyl groups excluding tert-OH is 20. The number of rotatable bonds is 26. The van der Waals surface area contributed by atoms with Crippen LogP contribution in [0.1, 0.15) is 0 Å². The van der Waals surface area contributed by atoms with Gasteiger partial charge in [0.1, 0.15) is 171 Å². The van der Waals surface area contributed by atoms with Crippen LogP contribution in [0.2, 0.25) is 0 Å². The summed E-state index contributed by atoms with van der Waals surface area (Å²) in [5.74, 6) is 0. The van der Waals surface area contributed by atoms with Gasteiger partial charge in [-0.3, -0.25) is 0 Å². The minimum Gasteiger partial charge on any atom is -0.453 e. The molecule has 45 atom stereocenters. The minimum atomic E-state index is -2.04. The molecule has 104 heavy (non-hydrogen) atoms. The fourth-order valence-corrected chi connectivity index (χ4v) is 13.7. The molecule has 9 saturated heterocycles. The van der Waals surface area contributed by atoms with Crippen LogP contribution in [0.15, 0.2) is 0 Å². The van der Waals surface area contributed by atoms with Crippen LogP contribution in [0.5, 0.6) is 0 Å². The molecule has 9 heterocycles. The van der Waals surface area contributed by atoms with Crippen molar-refractivity contribution in [3.63, 3.8) is 0 Å². The number of nitrogens with one attached hydrogen (secondary N) is 1. The third kappa shape index (κ3) is 17.7. The summed E-state index contributed by atoms with van der Waals surface area (Å²) in [6, 6.07) is -14.6. The maximum absolute atomic E-state index is 12.8. The van der Waals surface area contributed by atoms with Gasteiger partial charge in [-0.2, -0.15) is 0 Å². The highest BCUT2D eigenvalue weighted by Crippen LogP contribution is 2.39. The zero-order chi connectivity index (χ0) is 76.4. The standard InChI is InChI=1S/C56H103N9O39/c1-87-56(86)65-28-38(84)46(19(10-74)96-55(28)104-45-18(9-73)95-49(27(64)37(45)83)97-39-12(3-67)88-47(85)20(57)31(39)77)103-54-26(63)36(82)44(17(8-72)94-54)102-53-25(62)35(81)43(16(7-71)93-53)101-52-24(61)34(80)42(15(6-70)92-52)100-51-23(60)33(79)41(14(5-69)91-51)99-50-22(59)32(78)40(13(4-68)90-50)98-48-21(58)30(76)29(75)11(2-66)89-48/h11-55,66-85H,2-10,57-64H2,1H3,(H,65,86)/t11-,12-,13-,14-,15-,16-,17-,18-,19-,20-,21-,22-,23-,24-,25-,26-,27-,28-,29-,30-,31-,32-,33-,34-,35-,36-,37-,38-,39-,40-,41-,42-,43-,44-,45-,46-,47-,48+,49+,50+,51+,52+,53+,54+,55+/m1/s1. The number of nitrogens with two attached hydrogens (primary N) is 8. The van der Waals surface area contributed by atoms with E-state index in [9.17, 15) is 107 Å². The second-order valence-corrected chi connectivity index (χ2v) is 26.5. The van der Waals surface area contributed by atoms with Gasteiger partial charge in [-0.05, 0) is 0 Å². The molecule has 9 aliphatic heterocycles. The molecule has 0 saturated carbocycles. The molecule has 0 aromatic heterocycles. The number of carbonyl (C=O) groups is 1. The first kappa shape index (κ1) is 85.5. The van der Waals surface area contributed by atoms with Crippen molar-refractivity contribution in [1.29, 1.82) is 0 Å². The molecular formula is C56H103N9O39. The van der Waals surface area contributed by atoms with E-state index < -0.39 is 341 Å².